The second kappa shape index (κ2) is 3.63. The van der Waals surface area contributed by atoms with Crippen LogP contribution < -0.4 is 0 Å². The monoisotopic (exact) mass is 225 g/mol. The molecule has 0 radical (unpaired) electrons. The Morgan fingerprint density at radius 1 is 1.12 bits per heavy atom. The van der Waals surface area contributed by atoms with Crippen molar-refractivity contribution in [3.63, 3.8) is 0 Å². The Bertz CT molecular complexity index is 686. The van der Waals surface area contributed by atoms with Gasteiger partial charge in [0.15, 0.2) is 11.5 Å². The molecule has 3 aromatic rings. The summed E-state index contributed by atoms with van der Waals surface area (Å²) in [4.78, 5) is 4.37. The number of hydrogen-bond donors (Lipinski definition) is 1. The maximum atomic E-state index is 9.51. The van der Waals surface area contributed by atoms with Gasteiger partial charge in [-0.25, -0.2) is 4.98 Å². The van der Waals surface area contributed by atoms with E-state index in [-0.39, 0.29) is 5.75 Å². The highest BCUT2D eigenvalue weighted by Crippen LogP contribution is 2.30. The van der Waals surface area contributed by atoms with Gasteiger partial charge in [-0.15, -0.1) is 0 Å². The molecule has 17 heavy (non-hydrogen) atoms. The van der Waals surface area contributed by atoms with E-state index in [1.165, 1.54) is 0 Å². The summed E-state index contributed by atoms with van der Waals surface area (Å²) in [5.41, 5.74) is 3.50. The van der Waals surface area contributed by atoms with E-state index in [0.717, 1.165) is 22.2 Å². The molecule has 0 aliphatic heterocycles. The van der Waals surface area contributed by atoms with E-state index in [2.05, 4.69) is 4.98 Å². The minimum Gasteiger partial charge on any atom is -0.508 e. The van der Waals surface area contributed by atoms with Gasteiger partial charge in [-0.1, -0.05) is 24.3 Å². The fourth-order valence-electron chi connectivity index (χ4n) is 1.97. The normalized spacial score (nSPS) is 10.9. The van der Waals surface area contributed by atoms with E-state index in [0.29, 0.717) is 5.89 Å². The van der Waals surface area contributed by atoms with Crippen LogP contribution in [-0.4, -0.2) is 10.1 Å². The zero-order valence-electron chi connectivity index (χ0n) is 9.34. The van der Waals surface area contributed by atoms with Crippen LogP contribution in [0.5, 0.6) is 5.75 Å². The molecule has 2 aromatic carbocycles. The lowest BCUT2D eigenvalue weighted by atomic mass is 10.0. The summed E-state index contributed by atoms with van der Waals surface area (Å²) >= 11 is 0. The lowest BCUT2D eigenvalue weighted by molar-refractivity contribution is 0.475. The van der Waals surface area contributed by atoms with Crippen molar-refractivity contribution in [3.8, 4) is 16.9 Å². The topological polar surface area (TPSA) is 46.3 Å². The summed E-state index contributed by atoms with van der Waals surface area (Å²) in [7, 11) is 0. The second-order valence-corrected chi connectivity index (χ2v) is 3.94. The molecular formula is C14H11NO2. The number of hydrogen-bond acceptors (Lipinski definition) is 3. The van der Waals surface area contributed by atoms with Gasteiger partial charge in [-0.2, -0.15) is 0 Å². The quantitative estimate of drug-likeness (QED) is 0.689. The Kier molecular flexibility index (Phi) is 2.11. The number of aromatic nitrogens is 1. The lowest BCUT2D eigenvalue weighted by Crippen LogP contribution is -1.80. The van der Waals surface area contributed by atoms with Crippen molar-refractivity contribution in [1.29, 1.82) is 0 Å². The number of aryl methyl sites for hydroxylation is 1. The summed E-state index contributed by atoms with van der Waals surface area (Å²) in [6.07, 6.45) is 0. The third kappa shape index (κ3) is 1.65. The average molecular weight is 225 g/mol. The average Bonchev–Trinajstić information content (AvgIpc) is 2.68. The van der Waals surface area contributed by atoms with Crippen LogP contribution in [0.25, 0.3) is 22.2 Å². The molecule has 0 saturated carbocycles. The smallest absolute Gasteiger partial charge is 0.192 e. The van der Waals surface area contributed by atoms with Gasteiger partial charge in [0, 0.05) is 12.5 Å². The van der Waals surface area contributed by atoms with Crippen molar-refractivity contribution in [2.75, 3.05) is 0 Å². The van der Waals surface area contributed by atoms with E-state index >= 15 is 0 Å². The maximum Gasteiger partial charge on any atom is 0.192 e. The van der Waals surface area contributed by atoms with Crippen molar-refractivity contribution < 1.29 is 9.52 Å². The molecule has 3 rings (SSSR count). The van der Waals surface area contributed by atoms with E-state index in [4.69, 9.17) is 4.42 Å². The molecule has 0 unspecified atom stereocenters. The molecule has 84 valence electrons. The first-order chi connectivity index (χ1) is 8.24. The van der Waals surface area contributed by atoms with Crippen LogP contribution in [0.1, 0.15) is 5.89 Å². The Balaban J connectivity index is 2.30. The number of para-hydroxylation sites is 1. The minimum atomic E-state index is 0.250. The van der Waals surface area contributed by atoms with Crippen LogP contribution >= 0.6 is 0 Å². The summed E-state index contributed by atoms with van der Waals surface area (Å²) in [6.45, 7) is 1.83. The Morgan fingerprint density at radius 2 is 1.94 bits per heavy atom. The number of oxazole rings is 1. The number of benzene rings is 2. The molecule has 0 aliphatic carbocycles. The Morgan fingerprint density at radius 3 is 2.76 bits per heavy atom. The SMILES string of the molecule is Cc1nc2c(-c3cccc(O)c3)cccc2o1. The van der Waals surface area contributed by atoms with Gasteiger partial charge in [0.05, 0.1) is 0 Å². The zero-order chi connectivity index (χ0) is 11.8. The molecule has 1 aromatic heterocycles. The van der Waals surface area contributed by atoms with Crippen LogP contribution in [0.15, 0.2) is 46.9 Å². The Hall–Kier alpha value is -2.29. The highest BCUT2D eigenvalue weighted by atomic mass is 16.3. The summed E-state index contributed by atoms with van der Waals surface area (Å²) < 4.78 is 5.49. The van der Waals surface area contributed by atoms with Gasteiger partial charge >= 0.3 is 0 Å². The molecule has 0 spiro atoms. The molecule has 1 N–H and O–H groups in total. The number of aromatic hydroxyl groups is 1. The summed E-state index contributed by atoms with van der Waals surface area (Å²) in [5, 5.41) is 9.51. The van der Waals surface area contributed by atoms with E-state index in [1.54, 1.807) is 12.1 Å². The van der Waals surface area contributed by atoms with Gasteiger partial charge < -0.3 is 9.52 Å². The number of rotatable bonds is 1. The van der Waals surface area contributed by atoms with Gasteiger partial charge in [0.1, 0.15) is 11.3 Å². The Labute approximate surface area is 98.3 Å². The largest absolute Gasteiger partial charge is 0.508 e. The first-order valence-electron chi connectivity index (χ1n) is 5.39. The molecule has 0 bridgehead atoms. The van der Waals surface area contributed by atoms with Crippen molar-refractivity contribution in [1.82, 2.24) is 4.98 Å². The van der Waals surface area contributed by atoms with Gasteiger partial charge in [0.2, 0.25) is 0 Å². The molecular weight excluding hydrogens is 214 g/mol. The third-order valence-corrected chi connectivity index (χ3v) is 2.68. The van der Waals surface area contributed by atoms with Gasteiger partial charge in [-0.05, 0) is 23.8 Å². The summed E-state index contributed by atoms with van der Waals surface area (Å²) in [6, 6.07) is 12.9. The van der Waals surface area contributed by atoms with Crippen LogP contribution in [0.2, 0.25) is 0 Å². The predicted molar refractivity (Wildman–Crippen MR) is 65.8 cm³/mol. The molecule has 0 saturated heterocycles. The van der Waals surface area contributed by atoms with Crippen LogP contribution in [0.4, 0.5) is 0 Å². The predicted octanol–water partition coefficient (Wildman–Crippen LogP) is 3.51. The second-order valence-electron chi connectivity index (χ2n) is 3.94. The molecule has 0 aliphatic rings. The molecule has 0 atom stereocenters. The zero-order valence-corrected chi connectivity index (χ0v) is 9.34. The molecule has 3 nitrogen and oxygen atoms in total. The van der Waals surface area contributed by atoms with E-state index in [1.807, 2.05) is 37.3 Å². The molecule has 0 fully saturated rings. The number of phenols is 1. The molecule has 3 heteroatoms. The number of fused-ring (bicyclic) bond motifs is 1. The van der Waals surface area contributed by atoms with Crippen LogP contribution in [0.3, 0.4) is 0 Å². The maximum absolute atomic E-state index is 9.51. The highest BCUT2D eigenvalue weighted by Gasteiger charge is 2.09. The van der Waals surface area contributed by atoms with Crippen LogP contribution in [-0.2, 0) is 0 Å². The van der Waals surface area contributed by atoms with Crippen molar-refractivity contribution in [2.24, 2.45) is 0 Å². The lowest BCUT2D eigenvalue weighted by Gasteiger charge is -2.02. The fraction of sp³-hybridized carbons (Fsp3) is 0.0714. The molecule has 1 heterocycles. The van der Waals surface area contributed by atoms with E-state index < -0.39 is 0 Å². The standard InChI is InChI=1S/C14H11NO2/c1-9-15-14-12(6-3-7-13(14)17-9)10-4-2-5-11(16)8-10/h2-8,16H,1H3. The highest BCUT2D eigenvalue weighted by molar-refractivity contribution is 5.91. The number of nitrogens with zero attached hydrogens (tertiary/aromatic N) is 1. The van der Waals surface area contributed by atoms with E-state index in [9.17, 15) is 5.11 Å². The van der Waals surface area contributed by atoms with Crippen molar-refractivity contribution >= 4 is 11.1 Å². The first kappa shape index (κ1) is 9.90. The first-order valence-corrected chi connectivity index (χ1v) is 5.39. The van der Waals surface area contributed by atoms with Gasteiger partial charge in [0.25, 0.3) is 0 Å². The molecule has 0 amide bonds. The van der Waals surface area contributed by atoms with Crippen molar-refractivity contribution in [2.45, 2.75) is 6.92 Å². The van der Waals surface area contributed by atoms with Gasteiger partial charge in [-0.3, -0.25) is 0 Å². The number of phenolic OH excluding ortho intramolecular Hbond substituents is 1. The minimum absolute atomic E-state index is 0.250. The fourth-order valence-corrected chi connectivity index (χ4v) is 1.97. The summed E-state index contributed by atoms with van der Waals surface area (Å²) in [5.74, 6) is 0.896. The third-order valence-electron chi connectivity index (χ3n) is 2.68. The van der Waals surface area contributed by atoms with Crippen LogP contribution in [0, 0.1) is 6.92 Å². The van der Waals surface area contributed by atoms with Crippen molar-refractivity contribution in [3.05, 3.63) is 48.4 Å².